The summed E-state index contributed by atoms with van der Waals surface area (Å²) in [6, 6.07) is 0. The second-order valence-corrected chi connectivity index (χ2v) is 3.99. The van der Waals surface area contributed by atoms with Gasteiger partial charge in [0.1, 0.15) is 37.6 Å². The molecule has 4 N–H and O–H groups in total. The standard InChI is InChI=1S/C11H18O9/c1-2-7(13)17-3-4-18-20-11-10(16)9(15)8(14)6(5-12)19-11/h2,6,8-12,14-16H,1,3-5H2/t6?,8-,9?,10?,11?/m1/s1. The first kappa shape index (κ1) is 17.0. The van der Waals surface area contributed by atoms with Crippen molar-refractivity contribution >= 4 is 5.97 Å². The van der Waals surface area contributed by atoms with Crippen LogP contribution < -0.4 is 0 Å². The fraction of sp³-hybridized carbons (Fsp3) is 0.727. The maximum Gasteiger partial charge on any atom is 0.330 e. The Labute approximate surface area is 114 Å². The minimum atomic E-state index is -1.55. The van der Waals surface area contributed by atoms with E-state index in [4.69, 9.17) is 9.84 Å². The van der Waals surface area contributed by atoms with E-state index in [-0.39, 0.29) is 13.2 Å². The molecule has 9 nitrogen and oxygen atoms in total. The summed E-state index contributed by atoms with van der Waals surface area (Å²) in [5.41, 5.74) is 0. The molecule has 1 rings (SSSR count). The van der Waals surface area contributed by atoms with Crippen LogP contribution in [-0.4, -0.2) is 76.9 Å². The first-order valence-corrected chi connectivity index (χ1v) is 5.89. The van der Waals surface area contributed by atoms with Crippen LogP contribution in [-0.2, 0) is 24.0 Å². The van der Waals surface area contributed by atoms with Gasteiger partial charge in [-0.1, -0.05) is 6.58 Å². The van der Waals surface area contributed by atoms with Gasteiger partial charge in [0.05, 0.1) is 6.61 Å². The van der Waals surface area contributed by atoms with Gasteiger partial charge in [0.25, 0.3) is 0 Å². The molecule has 1 heterocycles. The number of hydrogen-bond acceptors (Lipinski definition) is 9. The van der Waals surface area contributed by atoms with Crippen LogP contribution >= 0.6 is 0 Å². The highest BCUT2D eigenvalue weighted by atomic mass is 17.2. The number of carbonyl (C=O) groups is 1. The summed E-state index contributed by atoms with van der Waals surface area (Å²) in [6.45, 7) is 2.38. The monoisotopic (exact) mass is 294 g/mol. The minimum Gasteiger partial charge on any atom is -0.460 e. The van der Waals surface area contributed by atoms with Crippen molar-refractivity contribution in [2.45, 2.75) is 30.7 Å². The molecule has 0 aromatic heterocycles. The number of rotatable bonds is 7. The third-order valence-corrected chi connectivity index (χ3v) is 2.59. The Morgan fingerprint density at radius 3 is 2.50 bits per heavy atom. The van der Waals surface area contributed by atoms with Crippen molar-refractivity contribution < 1.29 is 44.5 Å². The first-order valence-electron chi connectivity index (χ1n) is 5.89. The molecule has 0 saturated carbocycles. The predicted molar refractivity (Wildman–Crippen MR) is 62.0 cm³/mol. The summed E-state index contributed by atoms with van der Waals surface area (Å²) < 4.78 is 9.59. The van der Waals surface area contributed by atoms with Crippen LogP contribution in [0.1, 0.15) is 0 Å². The Morgan fingerprint density at radius 2 is 1.90 bits per heavy atom. The van der Waals surface area contributed by atoms with E-state index < -0.39 is 43.3 Å². The quantitative estimate of drug-likeness (QED) is 0.132. The Bertz CT molecular complexity index is 319. The molecule has 116 valence electrons. The van der Waals surface area contributed by atoms with Crippen molar-refractivity contribution in [2.24, 2.45) is 0 Å². The third-order valence-electron chi connectivity index (χ3n) is 2.59. The SMILES string of the molecule is C=CC(=O)OCCOOC1OC(CO)[C@@H](O)C(O)C1O. The van der Waals surface area contributed by atoms with E-state index in [1.54, 1.807) is 0 Å². The molecule has 1 aliphatic heterocycles. The van der Waals surface area contributed by atoms with Gasteiger partial charge in [-0.15, -0.1) is 0 Å². The molecule has 1 saturated heterocycles. The van der Waals surface area contributed by atoms with Crippen LogP contribution in [0.15, 0.2) is 12.7 Å². The molecule has 0 aromatic rings. The van der Waals surface area contributed by atoms with E-state index in [0.29, 0.717) is 0 Å². The molecule has 0 aromatic carbocycles. The zero-order valence-corrected chi connectivity index (χ0v) is 10.6. The largest absolute Gasteiger partial charge is 0.460 e. The summed E-state index contributed by atoms with van der Waals surface area (Å²) in [5.74, 6) is -0.624. The fourth-order valence-electron chi connectivity index (χ4n) is 1.50. The van der Waals surface area contributed by atoms with Crippen LogP contribution in [0.5, 0.6) is 0 Å². The summed E-state index contributed by atoms with van der Waals surface area (Å²) in [4.78, 5) is 20.0. The van der Waals surface area contributed by atoms with Crippen molar-refractivity contribution in [3.63, 3.8) is 0 Å². The van der Waals surface area contributed by atoms with Crippen LogP contribution in [0.25, 0.3) is 0 Å². The van der Waals surface area contributed by atoms with Crippen LogP contribution in [0.3, 0.4) is 0 Å². The molecule has 1 aliphatic rings. The minimum absolute atomic E-state index is 0.109. The fourth-order valence-corrected chi connectivity index (χ4v) is 1.50. The number of aliphatic hydroxyl groups excluding tert-OH is 4. The molecule has 9 heteroatoms. The summed E-state index contributed by atoms with van der Waals surface area (Å²) >= 11 is 0. The van der Waals surface area contributed by atoms with Gasteiger partial charge in [-0.3, -0.25) is 0 Å². The Morgan fingerprint density at radius 1 is 1.20 bits per heavy atom. The first-order chi connectivity index (χ1) is 9.51. The molecule has 0 spiro atoms. The smallest absolute Gasteiger partial charge is 0.330 e. The highest BCUT2D eigenvalue weighted by molar-refractivity contribution is 5.81. The van der Waals surface area contributed by atoms with E-state index in [2.05, 4.69) is 21.1 Å². The van der Waals surface area contributed by atoms with Crippen LogP contribution in [0, 0.1) is 0 Å². The van der Waals surface area contributed by atoms with Crippen LogP contribution in [0.4, 0.5) is 0 Å². The van der Waals surface area contributed by atoms with E-state index in [1.807, 2.05) is 0 Å². The molecular weight excluding hydrogens is 276 g/mol. The zero-order chi connectivity index (χ0) is 15.1. The van der Waals surface area contributed by atoms with Gasteiger partial charge in [-0.2, -0.15) is 0 Å². The van der Waals surface area contributed by atoms with E-state index >= 15 is 0 Å². The lowest BCUT2D eigenvalue weighted by atomic mass is 9.99. The van der Waals surface area contributed by atoms with Gasteiger partial charge in [-0.05, 0) is 0 Å². The zero-order valence-electron chi connectivity index (χ0n) is 10.6. The van der Waals surface area contributed by atoms with Crippen molar-refractivity contribution in [3.8, 4) is 0 Å². The second-order valence-electron chi connectivity index (χ2n) is 3.99. The Hall–Kier alpha value is -1.07. The molecule has 0 bridgehead atoms. The molecule has 0 amide bonds. The summed E-state index contributed by atoms with van der Waals surface area (Å²) in [7, 11) is 0. The molecule has 0 radical (unpaired) electrons. The normalized spacial score (nSPS) is 33.7. The molecule has 5 atom stereocenters. The molecule has 4 unspecified atom stereocenters. The molecular formula is C11H18O9. The summed E-state index contributed by atoms with van der Waals surface area (Å²) in [5, 5.41) is 37.5. The van der Waals surface area contributed by atoms with E-state index in [9.17, 15) is 20.1 Å². The van der Waals surface area contributed by atoms with Crippen molar-refractivity contribution in [2.75, 3.05) is 19.8 Å². The number of carbonyl (C=O) groups excluding carboxylic acids is 1. The van der Waals surface area contributed by atoms with Crippen LogP contribution in [0.2, 0.25) is 0 Å². The van der Waals surface area contributed by atoms with Gasteiger partial charge in [0.2, 0.25) is 6.29 Å². The second kappa shape index (κ2) is 8.27. The Kier molecular flexibility index (Phi) is 7.02. The lowest BCUT2D eigenvalue weighted by Gasteiger charge is -2.38. The van der Waals surface area contributed by atoms with Gasteiger partial charge < -0.3 is 29.9 Å². The van der Waals surface area contributed by atoms with Gasteiger partial charge >= 0.3 is 5.97 Å². The lowest BCUT2D eigenvalue weighted by molar-refractivity contribution is -0.426. The van der Waals surface area contributed by atoms with Gasteiger partial charge in [0, 0.05) is 6.08 Å². The molecule has 1 fully saturated rings. The topological polar surface area (TPSA) is 135 Å². The molecule has 0 aliphatic carbocycles. The van der Waals surface area contributed by atoms with Gasteiger partial charge in [0.15, 0.2) is 0 Å². The van der Waals surface area contributed by atoms with E-state index in [0.717, 1.165) is 6.08 Å². The number of esters is 1. The Balaban J connectivity index is 2.31. The van der Waals surface area contributed by atoms with Crippen molar-refractivity contribution in [3.05, 3.63) is 12.7 Å². The highest BCUT2D eigenvalue weighted by Crippen LogP contribution is 2.21. The number of ether oxygens (including phenoxy) is 2. The van der Waals surface area contributed by atoms with E-state index in [1.165, 1.54) is 0 Å². The number of aliphatic hydroxyl groups is 4. The maximum atomic E-state index is 10.7. The highest BCUT2D eigenvalue weighted by Gasteiger charge is 2.44. The average molecular weight is 294 g/mol. The van der Waals surface area contributed by atoms with Crippen molar-refractivity contribution in [1.82, 2.24) is 0 Å². The average Bonchev–Trinajstić information content (AvgIpc) is 2.46. The lowest BCUT2D eigenvalue weighted by Crippen LogP contribution is -2.59. The van der Waals surface area contributed by atoms with Gasteiger partial charge in [-0.25, -0.2) is 14.6 Å². The maximum absolute atomic E-state index is 10.7. The third kappa shape index (κ3) is 4.49. The molecule has 20 heavy (non-hydrogen) atoms. The number of hydrogen-bond donors (Lipinski definition) is 4. The summed E-state index contributed by atoms with van der Waals surface area (Å²) in [6.07, 6.45) is -6.06. The predicted octanol–water partition coefficient (Wildman–Crippen LogP) is -2.54. The van der Waals surface area contributed by atoms with Crippen molar-refractivity contribution in [1.29, 1.82) is 0 Å².